The van der Waals surface area contributed by atoms with Gasteiger partial charge in [0.2, 0.25) is 5.91 Å². The molecular weight excluding hydrogens is 376 g/mol. The molecule has 7 nitrogen and oxygen atoms in total. The Kier molecular flexibility index (Phi) is 5.48. The van der Waals surface area contributed by atoms with Crippen LogP contribution in [0.2, 0.25) is 0 Å². The molecule has 8 heteroatoms. The molecule has 0 aliphatic carbocycles. The van der Waals surface area contributed by atoms with Gasteiger partial charge in [-0.1, -0.05) is 35.5 Å². The Bertz CT molecular complexity index is 972. The molecule has 2 aromatic carbocycles. The molecule has 3 aromatic rings. The minimum absolute atomic E-state index is 0.0710. The molecule has 4 rings (SSSR count). The van der Waals surface area contributed by atoms with Crippen LogP contribution in [0.4, 0.5) is 0 Å². The molecule has 28 heavy (non-hydrogen) atoms. The fourth-order valence-electron chi connectivity index (χ4n) is 2.78. The largest absolute Gasteiger partial charge is 0.486 e. The number of benzene rings is 2. The van der Waals surface area contributed by atoms with Gasteiger partial charge >= 0.3 is 0 Å². The van der Waals surface area contributed by atoms with Gasteiger partial charge in [-0.2, -0.15) is 0 Å². The molecule has 144 valence electrons. The minimum atomic E-state index is -0.0710. The number of hydrogen-bond acceptors (Lipinski definition) is 6. The maximum Gasteiger partial charge on any atom is 0.230 e. The molecule has 2 heterocycles. The second-order valence-electron chi connectivity index (χ2n) is 6.36. The van der Waals surface area contributed by atoms with Crippen molar-refractivity contribution in [2.75, 3.05) is 19.0 Å². The summed E-state index contributed by atoms with van der Waals surface area (Å²) in [4.78, 5) is 12.2. The zero-order chi connectivity index (χ0) is 19.3. The van der Waals surface area contributed by atoms with Crippen molar-refractivity contribution in [3.63, 3.8) is 0 Å². The third-order valence-electron chi connectivity index (χ3n) is 4.26. The number of carbonyl (C=O) groups is 1. The number of nitrogens with one attached hydrogen (secondary N) is 1. The fourth-order valence-corrected chi connectivity index (χ4v) is 3.54. The summed E-state index contributed by atoms with van der Waals surface area (Å²) in [5.74, 6) is 1.65. The number of carbonyl (C=O) groups excluding carboxylic acids is 1. The topological polar surface area (TPSA) is 78.3 Å². The van der Waals surface area contributed by atoms with E-state index in [0.717, 1.165) is 22.7 Å². The Morgan fingerprint density at radius 1 is 1.14 bits per heavy atom. The first-order valence-electron chi connectivity index (χ1n) is 8.94. The second-order valence-corrected chi connectivity index (χ2v) is 7.30. The molecule has 1 amide bonds. The average Bonchev–Trinajstić information content (AvgIpc) is 3.20. The van der Waals surface area contributed by atoms with Crippen LogP contribution in [-0.2, 0) is 11.3 Å². The van der Waals surface area contributed by atoms with Gasteiger partial charge in [-0.05, 0) is 36.8 Å². The summed E-state index contributed by atoms with van der Waals surface area (Å²) in [6.45, 7) is 3.58. The summed E-state index contributed by atoms with van der Waals surface area (Å²) < 4.78 is 13.0. The van der Waals surface area contributed by atoms with Crippen LogP contribution in [0.3, 0.4) is 0 Å². The van der Waals surface area contributed by atoms with E-state index in [1.165, 1.54) is 17.3 Å². The van der Waals surface area contributed by atoms with Gasteiger partial charge in [0.05, 0.1) is 5.75 Å². The van der Waals surface area contributed by atoms with E-state index >= 15 is 0 Å². The van der Waals surface area contributed by atoms with Crippen molar-refractivity contribution >= 4 is 17.7 Å². The molecule has 1 N–H and O–H groups in total. The van der Waals surface area contributed by atoms with Crippen LogP contribution in [-0.4, -0.2) is 39.6 Å². The quantitative estimate of drug-likeness (QED) is 0.646. The van der Waals surface area contributed by atoms with E-state index in [1.54, 1.807) is 6.33 Å². The van der Waals surface area contributed by atoms with Gasteiger partial charge in [-0.25, -0.2) is 0 Å². The van der Waals surface area contributed by atoms with Crippen LogP contribution >= 0.6 is 11.8 Å². The van der Waals surface area contributed by atoms with E-state index < -0.39 is 0 Å². The van der Waals surface area contributed by atoms with Gasteiger partial charge in [0, 0.05) is 12.2 Å². The van der Waals surface area contributed by atoms with Gasteiger partial charge in [-0.3, -0.25) is 9.36 Å². The van der Waals surface area contributed by atoms with Crippen molar-refractivity contribution < 1.29 is 14.3 Å². The van der Waals surface area contributed by atoms with Crippen molar-refractivity contribution in [2.45, 2.75) is 18.6 Å². The maximum atomic E-state index is 12.2. The van der Waals surface area contributed by atoms with Crippen molar-refractivity contribution in [2.24, 2.45) is 0 Å². The zero-order valence-electron chi connectivity index (χ0n) is 15.4. The van der Waals surface area contributed by atoms with E-state index in [0.29, 0.717) is 24.9 Å². The van der Waals surface area contributed by atoms with Crippen molar-refractivity contribution in [1.82, 2.24) is 20.1 Å². The lowest BCUT2D eigenvalue weighted by molar-refractivity contribution is -0.118. The van der Waals surface area contributed by atoms with Gasteiger partial charge in [0.1, 0.15) is 19.5 Å². The van der Waals surface area contributed by atoms with Crippen LogP contribution in [0.1, 0.15) is 11.1 Å². The summed E-state index contributed by atoms with van der Waals surface area (Å²) in [6.07, 6.45) is 1.65. The molecule has 0 atom stereocenters. The maximum absolute atomic E-state index is 12.2. The number of rotatable bonds is 6. The number of ether oxygens (including phenoxy) is 2. The number of aryl methyl sites for hydroxylation is 1. The molecule has 0 saturated heterocycles. The monoisotopic (exact) mass is 396 g/mol. The van der Waals surface area contributed by atoms with E-state index in [1.807, 2.05) is 54.0 Å². The molecule has 0 radical (unpaired) electrons. The lowest BCUT2D eigenvalue weighted by Crippen LogP contribution is -2.25. The minimum Gasteiger partial charge on any atom is -0.486 e. The number of hydrogen-bond donors (Lipinski definition) is 1. The van der Waals surface area contributed by atoms with Gasteiger partial charge < -0.3 is 14.8 Å². The number of thioether (sulfide) groups is 1. The summed E-state index contributed by atoms with van der Waals surface area (Å²) in [5.41, 5.74) is 3.12. The van der Waals surface area contributed by atoms with Crippen molar-refractivity contribution in [3.05, 3.63) is 59.9 Å². The number of fused-ring (bicyclic) bond motifs is 1. The molecular formula is C20H20N4O3S. The van der Waals surface area contributed by atoms with Gasteiger partial charge in [0.25, 0.3) is 0 Å². The highest BCUT2D eigenvalue weighted by Crippen LogP contribution is 2.30. The van der Waals surface area contributed by atoms with E-state index in [4.69, 9.17) is 9.47 Å². The summed E-state index contributed by atoms with van der Waals surface area (Å²) in [6, 6.07) is 13.8. The number of amides is 1. The third-order valence-corrected chi connectivity index (χ3v) is 5.20. The van der Waals surface area contributed by atoms with E-state index in [2.05, 4.69) is 15.5 Å². The van der Waals surface area contributed by atoms with Crippen LogP contribution in [0.25, 0.3) is 5.69 Å². The Morgan fingerprint density at radius 3 is 2.75 bits per heavy atom. The van der Waals surface area contributed by atoms with E-state index in [-0.39, 0.29) is 11.7 Å². The molecule has 1 aliphatic rings. The molecule has 0 fully saturated rings. The molecule has 0 unspecified atom stereocenters. The van der Waals surface area contributed by atoms with Crippen molar-refractivity contribution in [1.29, 1.82) is 0 Å². The number of aromatic nitrogens is 3. The van der Waals surface area contributed by atoms with Crippen LogP contribution in [0.15, 0.2) is 53.9 Å². The van der Waals surface area contributed by atoms with E-state index in [9.17, 15) is 4.79 Å². The molecule has 0 saturated carbocycles. The fraction of sp³-hybridized carbons (Fsp3) is 0.250. The Hall–Kier alpha value is -3.00. The zero-order valence-corrected chi connectivity index (χ0v) is 16.2. The Morgan fingerprint density at radius 2 is 1.93 bits per heavy atom. The van der Waals surface area contributed by atoms with Gasteiger partial charge in [-0.15, -0.1) is 10.2 Å². The molecule has 1 aliphatic heterocycles. The standard InChI is InChI=1S/C20H20N4O3S/c1-14-2-5-16(6-3-14)24-13-22-23-20(24)28-12-19(25)21-11-15-4-7-17-18(10-15)27-9-8-26-17/h2-7,10,13H,8-9,11-12H2,1H3,(H,21,25). The second kappa shape index (κ2) is 8.35. The average molecular weight is 396 g/mol. The first-order valence-corrected chi connectivity index (χ1v) is 9.93. The highest BCUT2D eigenvalue weighted by Gasteiger charge is 2.13. The smallest absolute Gasteiger partial charge is 0.230 e. The molecule has 0 bridgehead atoms. The molecule has 0 spiro atoms. The lowest BCUT2D eigenvalue weighted by atomic mass is 10.2. The summed E-state index contributed by atoms with van der Waals surface area (Å²) in [7, 11) is 0. The van der Waals surface area contributed by atoms with Gasteiger partial charge in [0.15, 0.2) is 16.7 Å². The Labute approximate surface area is 167 Å². The van der Waals surface area contributed by atoms with Crippen LogP contribution < -0.4 is 14.8 Å². The number of nitrogens with zero attached hydrogens (tertiary/aromatic N) is 3. The third kappa shape index (κ3) is 4.28. The SMILES string of the molecule is Cc1ccc(-n2cnnc2SCC(=O)NCc2ccc3c(c2)OCCO3)cc1. The van der Waals surface area contributed by atoms with Crippen LogP contribution in [0, 0.1) is 6.92 Å². The predicted octanol–water partition coefficient (Wildman–Crippen LogP) is 2.76. The highest BCUT2D eigenvalue weighted by atomic mass is 32.2. The highest BCUT2D eigenvalue weighted by molar-refractivity contribution is 7.99. The van der Waals surface area contributed by atoms with Crippen molar-refractivity contribution in [3.8, 4) is 17.2 Å². The first-order chi connectivity index (χ1) is 13.7. The Balaban J connectivity index is 1.32. The normalized spacial score (nSPS) is 12.6. The summed E-state index contributed by atoms with van der Waals surface area (Å²) >= 11 is 1.35. The van der Waals surface area contributed by atoms with Crippen LogP contribution in [0.5, 0.6) is 11.5 Å². The lowest BCUT2D eigenvalue weighted by Gasteiger charge is -2.18. The molecule has 1 aromatic heterocycles. The first kappa shape index (κ1) is 18.4. The summed E-state index contributed by atoms with van der Waals surface area (Å²) in [5, 5.41) is 11.7. The predicted molar refractivity (Wildman–Crippen MR) is 106 cm³/mol.